The maximum absolute atomic E-state index is 11.3. The second-order valence-corrected chi connectivity index (χ2v) is 9.38. The van der Waals surface area contributed by atoms with Crippen LogP contribution in [-0.2, 0) is 6.61 Å². The number of benzene rings is 2. The number of aromatic carboxylic acids is 1. The third-order valence-corrected chi connectivity index (χ3v) is 6.52. The zero-order chi connectivity index (χ0) is 25.4. The normalized spacial score (nSPS) is 11.4. The standard InChI is InChI=1S/C27H21Cl2N3O4/c1-14(2)26-19(25(32-36-26)24-20(28)4-3-5-21(24)29)13-35-23-9-7-16(11-31-23)15-6-8-17-18(27(33)34)12-30-22(17)10-15/h3-12,14,30H,13H2,1-2H3,(H,33,34). The molecular weight excluding hydrogens is 501 g/mol. The number of aromatic nitrogens is 3. The van der Waals surface area contributed by atoms with Crippen LogP contribution in [0.15, 0.2) is 65.4 Å². The number of nitrogens with one attached hydrogen (secondary N) is 1. The van der Waals surface area contributed by atoms with Crippen molar-refractivity contribution < 1.29 is 19.2 Å². The molecule has 182 valence electrons. The zero-order valence-corrected chi connectivity index (χ0v) is 20.9. The molecule has 7 nitrogen and oxygen atoms in total. The van der Waals surface area contributed by atoms with Crippen LogP contribution >= 0.6 is 23.2 Å². The monoisotopic (exact) mass is 521 g/mol. The molecule has 5 rings (SSSR count). The molecule has 0 saturated heterocycles. The fourth-order valence-electron chi connectivity index (χ4n) is 4.10. The molecule has 5 aromatic rings. The molecule has 36 heavy (non-hydrogen) atoms. The van der Waals surface area contributed by atoms with Gasteiger partial charge >= 0.3 is 5.97 Å². The van der Waals surface area contributed by atoms with Gasteiger partial charge in [-0.15, -0.1) is 0 Å². The van der Waals surface area contributed by atoms with Crippen LogP contribution in [0.4, 0.5) is 0 Å². The Bertz CT molecular complexity index is 1550. The van der Waals surface area contributed by atoms with Gasteiger partial charge in [-0.3, -0.25) is 0 Å². The van der Waals surface area contributed by atoms with E-state index in [4.69, 9.17) is 32.5 Å². The number of hydrogen-bond acceptors (Lipinski definition) is 5. The lowest BCUT2D eigenvalue weighted by atomic mass is 10.0. The first-order chi connectivity index (χ1) is 17.3. The Labute approximate surface area is 216 Å². The smallest absolute Gasteiger partial charge is 0.337 e. The number of hydrogen-bond donors (Lipinski definition) is 2. The molecule has 0 unspecified atom stereocenters. The van der Waals surface area contributed by atoms with Gasteiger partial charge < -0.3 is 19.4 Å². The van der Waals surface area contributed by atoms with Crippen LogP contribution in [0.2, 0.25) is 10.0 Å². The number of halogens is 2. The quantitative estimate of drug-likeness (QED) is 0.228. The van der Waals surface area contributed by atoms with Crippen LogP contribution in [-0.4, -0.2) is 26.2 Å². The molecule has 0 bridgehead atoms. The summed E-state index contributed by atoms with van der Waals surface area (Å²) in [7, 11) is 0. The van der Waals surface area contributed by atoms with E-state index in [0.717, 1.165) is 22.2 Å². The van der Waals surface area contributed by atoms with E-state index >= 15 is 0 Å². The minimum absolute atomic E-state index is 0.0750. The molecule has 0 aliphatic heterocycles. The van der Waals surface area contributed by atoms with Gasteiger partial charge in [0.2, 0.25) is 5.88 Å². The first kappa shape index (κ1) is 23.9. The van der Waals surface area contributed by atoms with Crippen LogP contribution in [0.3, 0.4) is 0 Å². The Morgan fingerprint density at radius 3 is 2.53 bits per heavy atom. The van der Waals surface area contributed by atoms with Gasteiger partial charge in [0.15, 0.2) is 0 Å². The number of ether oxygens (including phenoxy) is 1. The number of nitrogens with zero attached hydrogens (tertiary/aromatic N) is 2. The Balaban J connectivity index is 1.39. The van der Waals surface area contributed by atoms with Gasteiger partial charge in [0.1, 0.15) is 18.1 Å². The highest BCUT2D eigenvalue weighted by atomic mass is 35.5. The molecule has 0 radical (unpaired) electrons. The van der Waals surface area contributed by atoms with Gasteiger partial charge in [0.05, 0.1) is 21.2 Å². The van der Waals surface area contributed by atoms with E-state index in [1.54, 1.807) is 36.5 Å². The summed E-state index contributed by atoms with van der Waals surface area (Å²) in [6, 6.07) is 14.5. The third-order valence-electron chi connectivity index (χ3n) is 5.89. The predicted molar refractivity (Wildman–Crippen MR) is 139 cm³/mol. The van der Waals surface area contributed by atoms with Crippen molar-refractivity contribution in [1.82, 2.24) is 15.1 Å². The summed E-state index contributed by atoms with van der Waals surface area (Å²) < 4.78 is 11.6. The Kier molecular flexibility index (Phi) is 6.43. The summed E-state index contributed by atoms with van der Waals surface area (Å²) in [5.74, 6) is 0.231. The van der Waals surface area contributed by atoms with Gasteiger partial charge in [-0.1, -0.05) is 60.4 Å². The van der Waals surface area contributed by atoms with Crippen molar-refractivity contribution in [2.24, 2.45) is 0 Å². The van der Waals surface area contributed by atoms with E-state index in [0.29, 0.717) is 38.3 Å². The van der Waals surface area contributed by atoms with Gasteiger partial charge in [-0.2, -0.15) is 0 Å². The largest absolute Gasteiger partial charge is 0.478 e. The van der Waals surface area contributed by atoms with E-state index in [1.807, 2.05) is 32.0 Å². The van der Waals surface area contributed by atoms with E-state index in [1.165, 1.54) is 6.20 Å². The SMILES string of the molecule is CC(C)c1onc(-c2c(Cl)cccc2Cl)c1COc1ccc(-c2ccc3c(C(=O)O)c[nH]c3c2)cn1. The van der Waals surface area contributed by atoms with Crippen LogP contribution in [0.5, 0.6) is 5.88 Å². The lowest BCUT2D eigenvalue weighted by Gasteiger charge is -2.10. The van der Waals surface area contributed by atoms with E-state index in [2.05, 4.69) is 15.1 Å². The topological polar surface area (TPSA) is 101 Å². The number of carbonyl (C=O) groups is 1. The van der Waals surface area contributed by atoms with Crippen molar-refractivity contribution in [3.05, 3.63) is 87.9 Å². The lowest BCUT2D eigenvalue weighted by Crippen LogP contribution is -2.02. The number of carboxylic acids is 1. The number of aromatic amines is 1. The molecule has 0 aliphatic rings. The highest BCUT2D eigenvalue weighted by molar-refractivity contribution is 6.39. The summed E-state index contributed by atoms with van der Waals surface area (Å²) in [4.78, 5) is 18.8. The summed E-state index contributed by atoms with van der Waals surface area (Å²) in [6.07, 6.45) is 3.20. The third kappa shape index (κ3) is 4.43. The molecular formula is C27H21Cl2N3O4. The van der Waals surface area contributed by atoms with Crippen LogP contribution in [0.1, 0.15) is 41.4 Å². The maximum Gasteiger partial charge on any atom is 0.337 e. The maximum atomic E-state index is 11.3. The Morgan fingerprint density at radius 1 is 1.11 bits per heavy atom. The first-order valence-corrected chi connectivity index (χ1v) is 12.0. The minimum Gasteiger partial charge on any atom is -0.478 e. The molecule has 0 amide bonds. The van der Waals surface area contributed by atoms with Crippen molar-refractivity contribution in [3.63, 3.8) is 0 Å². The summed E-state index contributed by atoms with van der Waals surface area (Å²) in [6.45, 7) is 4.19. The first-order valence-electron chi connectivity index (χ1n) is 11.2. The number of carboxylic acid groups (broad SMARTS) is 1. The van der Waals surface area contributed by atoms with Gasteiger partial charge in [0.25, 0.3) is 0 Å². The summed E-state index contributed by atoms with van der Waals surface area (Å²) in [5.41, 5.74) is 4.66. The number of fused-ring (bicyclic) bond motifs is 1. The van der Waals surface area contributed by atoms with Crippen LogP contribution in [0, 0.1) is 0 Å². The van der Waals surface area contributed by atoms with Crippen molar-refractivity contribution >= 4 is 40.1 Å². The van der Waals surface area contributed by atoms with E-state index < -0.39 is 5.97 Å². The fraction of sp³-hybridized carbons (Fsp3) is 0.148. The number of H-pyrrole nitrogens is 1. The van der Waals surface area contributed by atoms with Crippen LogP contribution < -0.4 is 4.74 Å². The van der Waals surface area contributed by atoms with Crippen molar-refractivity contribution in [1.29, 1.82) is 0 Å². The van der Waals surface area contributed by atoms with Crippen molar-refractivity contribution in [2.75, 3.05) is 0 Å². The van der Waals surface area contributed by atoms with Gasteiger partial charge in [-0.25, -0.2) is 9.78 Å². The molecule has 0 fully saturated rings. The Hall–Kier alpha value is -3.81. The molecule has 3 aromatic heterocycles. The van der Waals surface area contributed by atoms with Crippen LogP contribution in [0.25, 0.3) is 33.3 Å². The molecule has 2 aromatic carbocycles. The van der Waals surface area contributed by atoms with E-state index in [9.17, 15) is 9.90 Å². The Morgan fingerprint density at radius 2 is 1.86 bits per heavy atom. The molecule has 2 N–H and O–H groups in total. The van der Waals surface area contributed by atoms with Gasteiger partial charge in [0, 0.05) is 46.4 Å². The number of rotatable bonds is 7. The molecule has 9 heteroatoms. The number of pyridine rings is 1. The highest BCUT2D eigenvalue weighted by Crippen LogP contribution is 2.38. The summed E-state index contributed by atoms with van der Waals surface area (Å²) >= 11 is 12.8. The predicted octanol–water partition coefficient (Wildman–Crippen LogP) is 7.59. The molecule has 0 spiro atoms. The second kappa shape index (κ2) is 9.68. The zero-order valence-electron chi connectivity index (χ0n) is 19.4. The van der Waals surface area contributed by atoms with Crippen molar-refractivity contribution in [3.8, 4) is 28.3 Å². The van der Waals surface area contributed by atoms with Crippen molar-refractivity contribution in [2.45, 2.75) is 26.4 Å². The second-order valence-electron chi connectivity index (χ2n) is 8.57. The minimum atomic E-state index is -0.967. The van der Waals surface area contributed by atoms with E-state index in [-0.39, 0.29) is 18.1 Å². The molecule has 3 heterocycles. The molecule has 0 aliphatic carbocycles. The average Bonchev–Trinajstić information content (AvgIpc) is 3.47. The lowest BCUT2D eigenvalue weighted by molar-refractivity contribution is 0.0699. The molecule has 0 saturated carbocycles. The fourth-order valence-corrected chi connectivity index (χ4v) is 4.68. The van der Waals surface area contributed by atoms with Gasteiger partial charge in [-0.05, 0) is 29.8 Å². The average molecular weight is 522 g/mol. The molecule has 0 atom stereocenters. The highest BCUT2D eigenvalue weighted by Gasteiger charge is 2.24. The summed E-state index contributed by atoms with van der Waals surface area (Å²) in [5, 5.41) is 15.2.